The van der Waals surface area contributed by atoms with Gasteiger partial charge in [-0.1, -0.05) is 301 Å². The molecule has 0 heterocycles. The number of aliphatic hydroxyl groups is 1. The lowest BCUT2D eigenvalue weighted by Gasteiger charge is -2.21. The molecule has 0 radical (unpaired) electrons. The maximum Gasteiger partial charge on any atom is 0.472 e. The number of carbonyl (C=O) groups excluding carboxylic acids is 4. The molecule has 0 bridgehead atoms. The number of aliphatic hydroxyl groups excluding tert-OH is 1. The van der Waals surface area contributed by atoms with E-state index in [1.807, 2.05) is 0 Å². The van der Waals surface area contributed by atoms with E-state index in [2.05, 4.69) is 76.3 Å². The molecule has 0 fully saturated rings. The Morgan fingerprint density at radius 1 is 0.302 bits per heavy atom. The minimum atomic E-state index is -4.97. The number of phosphoric acid groups is 2. The largest absolute Gasteiger partial charge is 0.472 e. The summed E-state index contributed by atoms with van der Waals surface area (Å²) in [6.45, 7) is 4.79. The highest BCUT2D eigenvalue weighted by Crippen LogP contribution is 2.45. The molecule has 3 N–H and O–H groups in total. The molecule has 0 aliphatic carbocycles. The summed E-state index contributed by atoms with van der Waals surface area (Å²) in [5.41, 5.74) is 0. The van der Waals surface area contributed by atoms with E-state index < -0.39 is 97.5 Å². The molecule has 5 unspecified atom stereocenters. The normalized spacial score (nSPS) is 14.2. The maximum absolute atomic E-state index is 13.1. The average Bonchev–Trinajstić information content (AvgIpc) is 1.11. The molecule has 0 spiro atoms. The molecule has 0 saturated heterocycles. The van der Waals surface area contributed by atoms with Crippen molar-refractivity contribution < 1.29 is 80.2 Å². The monoisotopic (exact) mass is 1400 g/mol. The summed E-state index contributed by atoms with van der Waals surface area (Å²) in [6.07, 6.45) is 66.7. The van der Waals surface area contributed by atoms with Gasteiger partial charge in [-0.25, -0.2) is 9.13 Å². The molecule has 0 aliphatic rings. The average molecular weight is 1400 g/mol. The fraction of sp³-hybridized carbons (Fsp3) is 0.844. The topological polar surface area (TPSA) is 237 Å². The Morgan fingerprint density at radius 3 is 0.844 bits per heavy atom. The minimum Gasteiger partial charge on any atom is -0.462 e. The fourth-order valence-electron chi connectivity index (χ4n) is 10.9. The van der Waals surface area contributed by atoms with Crippen LogP contribution in [-0.2, 0) is 65.4 Å². The molecule has 96 heavy (non-hydrogen) atoms. The van der Waals surface area contributed by atoms with Gasteiger partial charge in [0.1, 0.15) is 19.3 Å². The van der Waals surface area contributed by atoms with Gasteiger partial charge in [0, 0.05) is 25.7 Å². The molecule has 0 aromatic carbocycles. The lowest BCUT2D eigenvalue weighted by molar-refractivity contribution is -0.161. The Kier molecular flexibility index (Phi) is 68.3. The third-order valence-electron chi connectivity index (χ3n) is 16.8. The molecule has 0 saturated carbocycles. The van der Waals surface area contributed by atoms with Crippen LogP contribution in [0.4, 0.5) is 0 Å². The van der Waals surface area contributed by atoms with Gasteiger partial charge < -0.3 is 33.8 Å². The van der Waals surface area contributed by atoms with E-state index >= 15 is 0 Å². The van der Waals surface area contributed by atoms with Gasteiger partial charge in [0.25, 0.3) is 0 Å². The number of hydrogen-bond acceptors (Lipinski definition) is 15. The molecular formula is C77H142O17P2. The van der Waals surface area contributed by atoms with E-state index in [0.29, 0.717) is 25.7 Å². The van der Waals surface area contributed by atoms with Crippen LogP contribution in [0.2, 0.25) is 0 Å². The Morgan fingerprint density at radius 2 is 0.542 bits per heavy atom. The first-order chi connectivity index (χ1) is 46.7. The van der Waals surface area contributed by atoms with Gasteiger partial charge in [0.2, 0.25) is 0 Å². The van der Waals surface area contributed by atoms with Crippen molar-refractivity contribution in [2.75, 3.05) is 39.6 Å². The van der Waals surface area contributed by atoms with Crippen molar-refractivity contribution in [1.82, 2.24) is 0 Å². The maximum atomic E-state index is 13.1. The zero-order valence-electron chi connectivity index (χ0n) is 61.3. The molecule has 17 nitrogen and oxygen atoms in total. The molecule has 0 aromatic heterocycles. The van der Waals surface area contributed by atoms with Crippen molar-refractivity contribution in [2.45, 2.75) is 380 Å². The summed E-state index contributed by atoms with van der Waals surface area (Å²) in [7, 11) is -9.93. The van der Waals surface area contributed by atoms with Crippen molar-refractivity contribution in [3.8, 4) is 0 Å². The molecule has 0 aliphatic heterocycles. The van der Waals surface area contributed by atoms with E-state index in [4.69, 9.17) is 37.0 Å². The van der Waals surface area contributed by atoms with Crippen LogP contribution in [0.15, 0.2) is 48.6 Å². The number of esters is 4. The van der Waals surface area contributed by atoms with Gasteiger partial charge in [-0.2, -0.15) is 0 Å². The molecule has 0 rings (SSSR count). The van der Waals surface area contributed by atoms with Crippen LogP contribution >= 0.6 is 15.6 Å². The summed E-state index contributed by atoms with van der Waals surface area (Å²) >= 11 is 0. The van der Waals surface area contributed by atoms with Crippen molar-refractivity contribution in [2.24, 2.45) is 0 Å². The second-order valence-electron chi connectivity index (χ2n) is 26.3. The van der Waals surface area contributed by atoms with E-state index in [1.54, 1.807) is 0 Å². The van der Waals surface area contributed by atoms with Gasteiger partial charge in [-0.05, 0) is 83.5 Å². The lowest BCUT2D eigenvalue weighted by atomic mass is 10.0. The highest BCUT2D eigenvalue weighted by Gasteiger charge is 2.30. The Balaban J connectivity index is 5.30. The van der Waals surface area contributed by atoms with Crippen LogP contribution in [-0.4, -0.2) is 96.7 Å². The van der Waals surface area contributed by atoms with Crippen LogP contribution in [0.25, 0.3) is 0 Å². The van der Waals surface area contributed by atoms with Gasteiger partial charge >= 0.3 is 39.5 Å². The summed E-state index contributed by atoms with van der Waals surface area (Å²) < 4.78 is 68.5. The molecule has 19 heteroatoms. The number of allylic oxidation sites excluding steroid dienone is 8. The number of phosphoric ester groups is 2. The van der Waals surface area contributed by atoms with Gasteiger partial charge in [-0.3, -0.25) is 37.3 Å². The Hall–Kier alpha value is -2.98. The van der Waals surface area contributed by atoms with E-state index in [1.165, 1.54) is 141 Å². The van der Waals surface area contributed by atoms with Crippen LogP contribution < -0.4 is 0 Å². The number of rotatable bonds is 74. The van der Waals surface area contributed by atoms with Gasteiger partial charge in [0.15, 0.2) is 12.2 Å². The predicted octanol–water partition coefficient (Wildman–Crippen LogP) is 22.1. The standard InChI is InChI=1S/C77H142O17P2/c1-5-9-13-17-21-25-29-32-35-38-42-45-49-53-57-61-74(79)87-67-72(93-76(81)63-59-55-51-47-41-28-24-20-16-12-8-4)69-91-95(83,84)89-65-71(78)66-90-96(85,86)92-70-73(94-77(82)64-60-56-52-48-44-40-37-34-31-27-23-19-15-11-7-3)68-88-75(80)62-58-54-50-46-43-39-36-33-30-26-22-18-14-10-6-2/h9,13,21,25,32-33,35-36,71-73,78H,5-8,10-12,14-20,22-24,26-31,34,37-70H2,1-4H3,(H,83,84)(H,85,86)/b13-9-,25-21-,35-32-,36-33-. The van der Waals surface area contributed by atoms with Crippen LogP contribution in [0.5, 0.6) is 0 Å². The Labute approximate surface area is 585 Å². The van der Waals surface area contributed by atoms with Gasteiger partial charge in [0.05, 0.1) is 26.4 Å². The molecule has 0 aromatic rings. The zero-order chi connectivity index (χ0) is 70.4. The SMILES string of the molecule is CC/C=C\C/C=C\C/C=C\CCCCCCCC(=O)OCC(COP(=O)(O)OCC(O)COP(=O)(O)OCC(COC(=O)CCCCCCC/C=C\CCCCCCCC)OC(=O)CCCCCCCCCCCCCCCCC)OC(=O)CCCCCCCCCCCCC. The number of unbranched alkanes of at least 4 members (excludes halogenated alkanes) is 40. The highest BCUT2D eigenvalue weighted by atomic mass is 31.2. The van der Waals surface area contributed by atoms with E-state index in [-0.39, 0.29) is 25.7 Å². The molecular weight excluding hydrogens is 1260 g/mol. The van der Waals surface area contributed by atoms with E-state index in [9.17, 15) is 43.2 Å². The molecule has 5 atom stereocenters. The number of hydrogen-bond donors (Lipinski definition) is 3. The summed E-state index contributed by atoms with van der Waals surface area (Å²) in [4.78, 5) is 72.8. The zero-order valence-corrected chi connectivity index (χ0v) is 63.1. The smallest absolute Gasteiger partial charge is 0.462 e. The van der Waals surface area contributed by atoms with Crippen molar-refractivity contribution in [3.05, 3.63) is 48.6 Å². The number of carbonyl (C=O) groups is 4. The number of ether oxygens (including phenoxy) is 4. The Bertz CT molecular complexity index is 2010. The lowest BCUT2D eigenvalue weighted by Crippen LogP contribution is -2.30. The predicted molar refractivity (Wildman–Crippen MR) is 390 cm³/mol. The quantitative estimate of drug-likeness (QED) is 0.0169. The minimum absolute atomic E-state index is 0.0975. The molecule has 562 valence electrons. The molecule has 0 amide bonds. The third kappa shape index (κ3) is 69.5. The second kappa shape index (κ2) is 70.5. The van der Waals surface area contributed by atoms with E-state index in [0.717, 1.165) is 141 Å². The summed E-state index contributed by atoms with van der Waals surface area (Å²) in [6, 6.07) is 0. The third-order valence-corrected chi connectivity index (χ3v) is 18.7. The van der Waals surface area contributed by atoms with Crippen molar-refractivity contribution in [1.29, 1.82) is 0 Å². The van der Waals surface area contributed by atoms with Crippen LogP contribution in [0, 0.1) is 0 Å². The second-order valence-corrected chi connectivity index (χ2v) is 29.2. The first-order valence-electron chi connectivity index (χ1n) is 38.9. The van der Waals surface area contributed by atoms with Gasteiger partial charge in [-0.15, -0.1) is 0 Å². The fourth-order valence-corrected chi connectivity index (χ4v) is 12.5. The van der Waals surface area contributed by atoms with Crippen LogP contribution in [0.1, 0.15) is 362 Å². The summed E-state index contributed by atoms with van der Waals surface area (Å²) in [5.74, 6) is -2.16. The van der Waals surface area contributed by atoms with Crippen LogP contribution in [0.3, 0.4) is 0 Å². The highest BCUT2D eigenvalue weighted by molar-refractivity contribution is 7.47. The summed E-state index contributed by atoms with van der Waals surface area (Å²) in [5, 5.41) is 10.6. The first-order valence-corrected chi connectivity index (χ1v) is 41.9. The first kappa shape index (κ1) is 93.0. The van der Waals surface area contributed by atoms with Crippen molar-refractivity contribution >= 4 is 39.5 Å². The van der Waals surface area contributed by atoms with Crippen molar-refractivity contribution in [3.63, 3.8) is 0 Å².